The van der Waals surface area contributed by atoms with E-state index in [0.29, 0.717) is 19.3 Å². The molecule has 0 aliphatic heterocycles. The molecule has 0 heterocycles. The summed E-state index contributed by atoms with van der Waals surface area (Å²) in [6, 6.07) is 0. The number of rotatable bonds is 38. The minimum atomic E-state index is -4.63. The predicted molar refractivity (Wildman–Crippen MR) is 223 cm³/mol. The van der Waals surface area contributed by atoms with Gasteiger partial charge in [0.05, 0.1) is 19.8 Å². The minimum absolute atomic E-state index is 0.158. The van der Waals surface area contributed by atoms with Crippen molar-refractivity contribution in [3.8, 4) is 0 Å². The van der Waals surface area contributed by atoms with Gasteiger partial charge in [0.25, 0.3) is 0 Å². The molecule has 3 N–H and O–H groups in total. The first-order valence-corrected chi connectivity index (χ1v) is 22.4. The largest absolute Gasteiger partial charge is 0.472 e. The maximum atomic E-state index is 12.6. The molecule has 0 aliphatic carbocycles. The molecule has 0 aliphatic rings. The van der Waals surface area contributed by atoms with Crippen LogP contribution in [-0.2, 0) is 32.7 Å². The summed E-state index contributed by atoms with van der Waals surface area (Å²) in [5, 5.41) is 18.3. The van der Waals surface area contributed by atoms with Crippen molar-refractivity contribution < 1.29 is 47.8 Å². The first-order chi connectivity index (χ1) is 26.7. The predicted octanol–water partition coefficient (Wildman–Crippen LogP) is 10.9. The molecule has 0 fully saturated rings. The average Bonchev–Trinajstić information content (AvgIpc) is 3.17. The Balaban J connectivity index is 4.44. The van der Waals surface area contributed by atoms with Gasteiger partial charge in [0.15, 0.2) is 6.10 Å². The van der Waals surface area contributed by atoms with Crippen LogP contribution in [0.3, 0.4) is 0 Å². The highest BCUT2D eigenvalue weighted by Gasteiger charge is 2.27. The lowest BCUT2D eigenvalue weighted by atomic mass is 10.1. The lowest BCUT2D eigenvalue weighted by Crippen LogP contribution is -2.29. The quantitative estimate of drug-likeness (QED) is 0.0239. The standard InChI is InChI=1S/C44H75O10P/c1-3-5-7-9-11-13-15-17-19-20-22-23-25-27-29-31-33-35-43(47)51-39-42(40-53-55(49,50)52-38-41(46)37-45)54-44(48)36-34-32-30-28-26-24-21-18-16-14-12-10-8-6-4-2/h5,7,11,13,17-19,21-23,27,29,41-42,45-46H,3-4,6,8-10,12,14-16,20,24-26,28,30-40H2,1-2H3,(H,49,50)/b7-5+,13-11+,19-17+,21-18+,23-22+,29-27+/t41-,42+/m0/s1. The molecule has 0 spiro atoms. The first-order valence-electron chi connectivity index (χ1n) is 20.9. The van der Waals surface area contributed by atoms with E-state index >= 15 is 0 Å². The molecule has 0 saturated carbocycles. The molecule has 10 nitrogen and oxygen atoms in total. The lowest BCUT2D eigenvalue weighted by molar-refractivity contribution is -0.161. The van der Waals surface area contributed by atoms with E-state index in [2.05, 4.69) is 85.2 Å². The number of carbonyl (C=O) groups excluding carboxylic acids is 2. The number of ether oxygens (including phenoxy) is 2. The SMILES string of the molecule is CC/C=C/C/C=C/C/C=C/C/C=C/C/C=C/CCCC(=O)OC[C@H](COP(=O)(O)OC[C@@H](O)CO)OC(=O)CCCCCCC/C=C/CCCCCCCC. The zero-order valence-corrected chi connectivity index (χ0v) is 35.0. The molecule has 0 amide bonds. The molecule has 0 rings (SSSR count). The highest BCUT2D eigenvalue weighted by atomic mass is 31.2. The number of aliphatic hydroxyl groups excluding tert-OH is 2. The number of allylic oxidation sites excluding steroid dienone is 12. The van der Waals surface area contributed by atoms with Crippen molar-refractivity contribution in [1.29, 1.82) is 0 Å². The number of carbonyl (C=O) groups is 2. The van der Waals surface area contributed by atoms with Crippen LogP contribution in [0.15, 0.2) is 72.9 Å². The number of phosphoric ester groups is 1. The molecular formula is C44H75O10P. The van der Waals surface area contributed by atoms with Gasteiger partial charge in [-0.1, -0.05) is 138 Å². The van der Waals surface area contributed by atoms with Gasteiger partial charge in [0, 0.05) is 12.8 Å². The number of unbranched alkanes of at least 4 members (excludes halogenated alkanes) is 12. The van der Waals surface area contributed by atoms with E-state index in [4.69, 9.17) is 19.1 Å². The van der Waals surface area contributed by atoms with Gasteiger partial charge in [0.2, 0.25) is 0 Å². The minimum Gasteiger partial charge on any atom is -0.462 e. The second-order valence-corrected chi connectivity index (χ2v) is 15.1. The van der Waals surface area contributed by atoms with Gasteiger partial charge in [-0.05, 0) is 77.0 Å². The van der Waals surface area contributed by atoms with Gasteiger partial charge >= 0.3 is 19.8 Å². The average molecular weight is 795 g/mol. The van der Waals surface area contributed by atoms with Crippen molar-refractivity contribution in [1.82, 2.24) is 0 Å². The normalized spacial score (nSPS) is 14.6. The van der Waals surface area contributed by atoms with Gasteiger partial charge in [-0.2, -0.15) is 0 Å². The van der Waals surface area contributed by atoms with Crippen molar-refractivity contribution in [2.45, 2.75) is 167 Å². The Bertz CT molecular complexity index is 1140. The van der Waals surface area contributed by atoms with E-state index in [1.54, 1.807) is 0 Å². The van der Waals surface area contributed by atoms with Crippen molar-refractivity contribution in [3.05, 3.63) is 72.9 Å². The maximum absolute atomic E-state index is 12.6. The molecule has 11 heteroatoms. The zero-order valence-electron chi connectivity index (χ0n) is 34.1. The Hall–Kier alpha value is -2.59. The monoisotopic (exact) mass is 795 g/mol. The third-order valence-electron chi connectivity index (χ3n) is 8.34. The van der Waals surface area contributed by atoms with Gasteiger partial charge in [-0.3, -0.25) is 18.6 Å². The highest BCUT2D eigenvalue weighted by Crippen LogP contribution is 2.43. The van der Waals surface area contributed by atoms with Gasteiger partial charge in [0.1, 0.15) is 12.7 Å². The van der Waals surface area contributed by atoms with Gasteiger partial charge in [-0.25, -0.2) is 4.57 Å². The van der Waals surface area contributed by atoms with E-state index in [-0.39, 0.29) is 19.4 Å². The van der Waals surface area contributed by atoms with Crippen molar-refractivity contribution >= 4 is 19.8 Å². The fourth-order valence-electron chi connectivity index (χ4n) is 5.14. The van der Waals surface area contributed by atoms with Crippen LogP contribution < -0.4 is 0 Å². The molecule has 0 aromatic carbocycles. The van der Waals surface area contributed by atoms with Crippen LogP contribution >= 0.6 is 7.82 Å². The third-order valence-corrected chi connectivity index (χ3v) is 9.30. The summed E-state index contributed by atoms with van der Waals surface area (Å²) in [6.07, 6.45) is 44.4. The summed E-state index contributed by atoms with van der Waals surface area (Å²) in [6.45, 7) is 2.17. The molecule has 0 bridgehead atoms. The number of hydrogen-bond donors (Lipinski definition) is 3. The second-order valence-electron chi connectivity index (χ2n) is 13.6. The molecule has 0 aromatic rings. The molecule has 3 atom stereocenters. The molecule has 0 radical (unpaired) electrons. The summed E-state index contributed by atoms with van der Waals surface area (Å²) >= 11 is 0. The van der Waals surface area contributed by atoms with Crippen LogP contribution in [0, 0.1) is 0 Å². The molecule has 1 unspecified atom stereocenters. The molecule has 316 valence electrons. The summed E-state index contributed by atoms with van der Waals surface area (Å²) in [5.41, 5.74) is 0. The lowest BCUT2D eigenvalue weighted by Gasteiger charge is -2.20. The fraction of sp³-hybridized carbons (Fsp3) is 0.682. The van der Waals surface area contributed by atoms with Crippen LogP contribution in [0.1, 0.15) is 155 Å². The summed E-state index contributed by atoms with van der Waals surface area (Å²) in [7, 11) is -4.63. The number of phosphoric acid groups is 1. The highest BCUT2D eigenvalue weighted by molar-refractivity contribution is 7.47. The Morgan fingerprint density at radius 1 is 0.564 bits per heavy atom. The summed E-state index contributed by atoms with van der Waals surface area (Å²) in [5.74, 6) is -1.01. The van der Waals surface area contributed by atoms with Crippen LogP contribution in [0.2, 0.25) is 0 Å². The van der Waals surface area contributed by atoms with Crippen LogP contribution in [0.4, 0.5) is 0 Å². The summed E-state index contributed by atoms with van der Waals surface area (Å²) < 4.78 is 32.6. The van der Waals surface area contributed by atoms with E-state index in [1.807, 2.05) is 6.08 Å². The van der Waals surface area contributed by atoms with Crippen molar-refractivity contribution in [3.63, 3.8) is 0 Å². The second kappa shape index (κ2) is 39.6. The summed E-state index contributed by atoms with van der Waals surface area (Å²) in [4.78, 5) is 34.9. The van der Waals surface area contributed by atoms with Crippen LogP contribution in [0.25, 0.3) is 0 Å². The van der Waals surface area contributed by atoms with Crippen LogP contribution in [-0.4, -0.2) is 65.7 Å². The molecule has 0 saturated heterocycles. The van der Waals surface area contributed by atoms with Crippen molar-refractivity contribution in [2.75, 3.05) is 26.4 Å². The third kappa shape index (κ3) is 39.4. The Labute approximate surface area is 333 Å². The van der Waals surface area contributed by atoms with Gasteiger partial charge in [-0.15, -0.1) is 0 Å². The molecule has 55 heavy (non-hydrogen) atoms. The van der Waals surface area contributed by atoms with E-state index < -0.39 is 51.8 Å². The van der Waals surface area contributed by atoms with E-state index in [0.717, 1.165) is 70.6 Å². The molecule has 0 aromatic heterocycles. The van der Waals surface area contributed by atoms with Crippen LogP contribution in [0.5, 0.6) is 0 Å². The fourth-order valence-corrected chi connectivity index (χ4v) is 5.93. The first kappa shape index (κ1) is 52.4. The smallest absolute Gasteiger partial charge is 0.462 e. The number of hydrogen-bond acceptors (Lipinski definition) is 9. The Morgan fingerprint density at radius 2 is 1.02 bits per heavy atom. The zero-order chi connectivity index (χ0) is 40.5. The topological polar surface area (TPSA) is 149 Å². The maximum Gasteiger partial charge on any atom is 0.472 e. The van der Waals surface area contributed by atoms with E-state index in [1.165, 1.54) is 38.5 Å². The molecular weight excluding hydrogens is 719 g/mol. The van der Waals surface area contributed by atoms with Crippen molar-refractivity contribution in [2.24, 2.45) is 0 Å². The van der Waals surface area contributed by atoms with E-state index in [9.17, 15) is 24.2 Å². The Kier molecular flexibility index (Phi) is 37.8. The Morgan fingerprint density at radius 3 is 1.58 bits per heavy atom. The van der Waals surface area contributed by atoms with Gasteiger partial charge < -0.3 is 24.6 Å². The number of esters is 2. The number of aliphatic hydroxyl groups is 2.